The molecule has 3 nitrogen and oxygen atoms in total. The largest absolute Gasteiger partial charge is 0.313 e. The Bertz CT molecular complexity index is 517. The fraction of sp³-hybridized carbons (Fsp3) is 0.385. The molecule has 17 heavy (non-hydrogen) atoms. The lowest BCUT2D eigenvalue weighted by Crippen LogP contribution is -2.05. The maximum atomic E-state index is 13.9. The van der Waals surface area contributed by atoms with Crippen LogP contribution in [0.1, 0.15) is 19.4 Å². The van der Waals surface area contributed by atoms with Crippen LogP contribution < -0.4 is 0 Å². The van der Waals surface area contributed by atoms with E-state index in [2.05, 4.69) is 24.0 Å². The van der Waals surface area contributed by atoms with Gasteiger partial charge in [-0.25, -0.2) is 4.39 Å². The van der Waals surface area contributed by atoms with Crippen molar-refractivity contribution in [1.82, 2.24) is 14.8 Å². The minimum Gasteiger partial charge on any atom is -0.313 e. The highest BCUT2D eigenvalue weighted by molar-refractivity contribution is 5.56. The molecule has 4 heteroatoms. The molecule has 0 atom stereocenters. The van der Waals surface area contributed by atoms with Crippen molar-refractivity contribution in [2.24, 2.45) is 5.92 Å². The van der Waals surface area contributed by atoms with Crippen molar-refractivity contribution in [2.45, 2.75) is 27.3 Å². The predicted molar refractivity (Wildman–Crippen MR) is 65.0 cm³/mol. The summed E-state index contributed by atoms with van der Waals surface area (Å²) in [5.41, 5.74) is 1.41. The smallest absolute Gasteiger partial charge is 0.166 e. The predicted octanol–water partition coefficient (Wildman–Crippen LogP) is 3.05. The highest BCUT2D eigenvalue weighted by atomic mass is 19.1. The average Bonchev–Trinajstić information content (AvgIpc) is 2.65. The first kappa shape index (κ1) is 11.8. The van der Waals surface area contributed by atoms with Gasteiger partial charge in [-0.2, -0.15) is 0 Å². The molecule has 0 spiro atoms. The van der Waals surface area contributed by atoms with E-state index in [1.54, 1.807) is 12.4 Å². The van der Waals surface area contributed by atoms with E-state index in [1.807, 2.05) is 17.6 Å². The molecule has 0 amide bonds. The molecule has 1 aromatic carbocycles. The van der Waals surface area contributed by atoms with Gasteiger partial charge in [-0.15, -0.1) is 10.2 Å². The summed E-state index contributed by atoms with van der Waals surface area (Å²) < 4.78 is 15.7. The van der Waals surface area contributed by atoms with Crippen molar-refractivity contribution >= 4 is 0 Å². The van der Waals surface area contributed by atoms with Gasteiger partial charge in [0.25, 0.3) is 0 Å². The van der Waals surface area contributed by atoms with Crippen LogP contribution in [0.15, 0.2) is 24.5 Å². The Morgan fingerprint density at radius 3 is 2.76 bits per heavy atom. The minimum absolute atomic E-state index is 0.247. The van der Waals surface area contributed by atoms with Crippen molar-refractivity contribution in [3.05, 3.63) is 35.9 Å². The summed E-state index contributed by atoms with van der Waals surface area (Å²) in [6, 6.07) is 5.15. The lowest BCUT2D eigenvalue weighted by Gasteiger charge is -2.09. The number of hydrogen-bond acceptors (Lipinski definition) is 2. The Labute approximate surface area is 100 Å². The topological polar surface area (TPSA) is 30.7 Å². The van der Waals surface area contributed by atoms with Crippen LogP contribution in [0.2, 0.25) is 0 Å². The molecule has 0 aliphatic rings. The van der Waals surface area contributed by atoms with Gasteiger partial charge in [-0.05, 0) is 30.5 Å². The molecule has 2 rings (SSSR count). The normalized spacial score (nSPS) is 11.1. The zero-order chi connectivity index (χ0) is 12.4. The molecule has 0 N–H and O–H groups in total. The maximum absolute atomic E-state index is 13.9. The molecule has 0 fully saturated rings. The van der Waals surface area contributed by atoms with E-state index in [1.165, 1.54) is 6.07 Å². The summed E-state index contributed by atoms with van der Waals surface area (Å²) in [7, 11) is 0. The molecule has 0 saturated carbocycles. The zero-order valence-corrected chi connectivity index (χ0v) is 10.3. The van der Waals surface area contributed by atoms with E-state index in [0.29, 0.717) is 17.3 Å². The van der Waals surface area contributed by atoms with E-state index in [9.17, 15) is 4.39 Å². The Morgan fingerprint density at radius 1 is 1.35 bits per heavy atom. The molecule has 2 aromatic rings. The molecule has 0 bridgehead atoms. The third-order valence-electron chi connectivity index (χ3n) is 2.54. The van der Waals surface area contributed by atoms with Crippen molar-refractivity contribution < 1.29 is 4.39 Å². The van der Waals surface area contributed by atoms with Gasteiger partial charge in [0.05, 0.1) is 5.56 Å². The van der Waals surface area contributed by atoms with Crippen LogP contribution in [0.25, 0.3) is 11.4 Å². The van der Waals surface area contributed by atoms with Gasteiger partial charge in [0.2, 0.25) is 0 Å². The summed E-state index contributed by atoms with van der Waals surface area (Å²) in [6.45, 7) is 6.87. The van der Waals surface area contributed by atoms with Crippen molar-refractivity contribution in [3.8, 4) is 11.4 Å². The van der Waals surface area contributed by atoms with Gasteiger partial charge in [0, 0.05) is 6.54 Å². The molecule has 0 aliphatic carbocycles. The van der Waals surface area contributed by atoms with E-state index in [4.69, 9.17) is 0 Å². The molecule has 0 saturated heterocycles. The van der Waals surface area contributed by atoms with E-state index >= 15 is 0 Å². The van der Waals surface area contributed by atoms with Crippen LogP contribution in [0, 0.1) is 18.7 Å². The van der Waals surface area contributed by atoms with E-state index in [-0.39, 0.29) is 5.82 Å². The zero-order valence-electron chi connectivity index (χ0n) is 10.3. The Hall–Kier alpha value is -1.71. The number of nitrogens with zero attached hydrogens (tertiary/aromatic N) is 3. The molecule has 0 radical (unpaired) electrons. The molecular weight excluding hydrogens is 217 g/mol. The van der Waals surface area contributed by atoms with Crippen LogP contribution in [0.5, 0.6) is 0 Å². The van der Waals surface area contributed by atoms with Crippen LogP contribution in [0.3, 0.4) is 0 Å². The number of aryl methyl sites for hydroxylation is 1. The SMILES string of the molecule is Cc1ccc(-c2nncn2CC(C)C)c(F)c1. The van der Waals surface area contributed by atoms with Gasteiger partial charge < -0.3 is 4.57 Å². The first-order valence-corrected chi connectivity index (χ1v) is 5.72. The molecule has 90 valence electrons. The summed E-state index contributed by atoms with van der Waals surface area (Å²) in [5, 5.41) is 7.86. The van der Waals surface area contributed by atoms with Gasteiger partial charge in [0.1, 0.15) is 12.1 Å². The molecule has 0 aliphatic heterocycles. The fourth-order valence-electron chi connectivity index (χ4n) is 1.79. The molecule has 0 unspecified atom stereocenters. The van der Waals surface area contributed by atoms with Crippen molar-refractivity contribution in [3.63, 3.8) is 0 Å². The average molecular weight is 233 g/mol. The van der Waals surface area contributed by atoms with Gasteiger partial charge in [-0.3, -0.25) is 0 Å². The van der Waals surface area contributed by atoms with E-state index in [0.717, 1.165) is 12.1 Å². The molecule has 1 aromatic heterocycles. The van der Waals surface area contributed by atoms with Gasteiger partial charge >= 0.3 is 0 Å². The second-order valence-corrected chi connectivity index (χ2v) is 4.68. The van der Waals surface area contributed by atoms with Gasteiger partial charge in [0.15, 0.2) is 5.82 Å². The summed E-state index contributed by atoms with van der Waals surface area (Å²) in [6.07, 6.45) is 1.65. The quantitative estimate of drug-likeness (QED) is 0.815. The Kier molecular flexibility index (Phi) is 3.22. The highest BCUT2D eigenvalue weighted by Gasteiger charge is 2.12. The first-order chi connectivity index (χ1) is 8.08. The van der Waals surface area contributed by atoms with Gasteiger partial charge in [-0.1, -0.05) is 19.9 Å². The third-order valence-corrected chi connectivity index (χ3v) is 2.54. The van der Waals surface area contributed by atoms with Crippen LogP contribution in [0.4, 0.5) is 4.39 Å². The van der Waals surface area contributed by atoms with Crippen molar-refractivity contribution in [1.29, 1.82) is 0 Å². The van der Waals surface area contributed by atoms with Crippen LogP contribution in [-0.4, -0.2) is 14.8 Å². The number of hydrogen-bond donors (Lipinski definition) is 0. The Morgan fingerprint density at radius 2 is 2.12 bits per heavy atom. The molecule has 1 heterocycles. The fourth-order valence-corrected chi connectivity index (χ4v) is 1.79. The lowest BCUT2D eigenvalue weighted by atomic mass is 10.1. The van der Waals surface area contributed by atoms with Crippen LogP contribution >= 0.6 is 0 Å². The number of benzene rings is 1. The second kappa shape index (κ2) is 4.65. The monoisotopic (exact) mass is 233 g/mol. The van der Waals surface area contributed by atoms with Crippen LogP contribution in [-0.2, 0) is 6.54 Å². The van der Waals surface area contributed by atoms with Crippen molar-refractivity contribution in [2.75, 3.05) is 0 Å². The molecular formula is C13H16FN3. The minimum atomic E-state index is -0.247. The standard InChI is InChI=1S/C13H16FN3/c1-9(2)7-17-8-15-16-13(17)11-5-4-10(3)6-12(11)14/h4-6,8-9H,7H2,1-3H3. The lowest BCUT2D eigenvalue weighted by molar-refractivity contribution is 0.523. The summed E-state index contributed by atoms with van der Waals surface area (Å²) >= 11 is 0. The Balaban J connectivity index is 2.42. The maximum Gasteiger partial charge on any atom is 0.166 e. The number of rotatable bonds is 3. The second-order valence-electron chi connectivity index (χ2n) is 4.68. The first-order valence-electron chi connectivity index (χ1n) is 5.72. The number of halogens is 1. The highest BCUT2D eigenvalue weighted by Crippen LogP contribution is 2.22. The number of aromatic nitrogens is 3. The third kappa shape index (κ3) is 2.52. The van der Waals surface area contributed by atoms with E-state index < -0.39 is 0 Å². The summed E-state index contributed by atoms with van der Waals surface area (Å²) in [5.74, 6) is 0.817. The summed E-state index contributed by atoms with van der Waals surface area (Å²) in [4.78, 5) is 0.